The summed E-state index contributed by atoms with van der Waals surface area (Å²) in [6, 6.07) is 8.08. The summed E-state index contributed by atoms with van der Waals surface area (Å²) in [4.78, 5) is 11.9. The van der Waals surface area contributed by atoms with Crippen molar-refractivity contribution in [1.82, 2.24) is 5.32 Å². The molecule has 1 atom stereocenters. The van der Waals surface area contributed by atoms with Crippen molar-refractivity contribution in [3.05, 3.63) is 35.4 Å². The van der Waals surface area contributed by atoms with Gasteiger partial charge in [0.05, 0.1) is 0 Å². The highest BCUT2D eigenvalue weighted by molar-refractivity contribution is 5.97. The van der Waals surface area contributed by atoms with Crippen LogP contribution in [-0.2, 0) is 0 Å². The largest absolute Gasteiger partial charge is 0.316 e. The van der Waals surface area contributed by atoms with E-state index in [2.05, 4.69) is 11.4 Å². The lowest BCUT2D eigenvalue weighted by Gasteiger charge is -2.24. The monoisotopic (exact) mass is 253 g/mol. The summed E-state index contributed by atoms with van der Waals surface area (Å²) < 4.78 is 0. The van der Waals surface area contributed by atoms with Crippen molar-refractivity contribution in [3.8, 4) is 0 Å². The summed E-state index contributed by atoms with van der Waals surface area (Å²) >= 11 is 0. The Labute approximate surface area is 109 Å². The third-order valence-electron chi connectivity index (χ3n) is 3.32. The van der Waals surface area contributed by atoms with Crippen LogP contribution in [0.3, 0.4) is 0 Å². The Balaban J connectivity index is 0.00000144. The molecule has 2 nitrogen and oxygen atoms in total. The van der Waals surface area contributed by atoms with E-state index in [1.165, 1.54) is 18.4 Å². The topological polar surface area (TPSA) is 29.1 Å². The zero-order valence-corrected chi connectivity index (χ0v) is 11.1. The maximum atomic E-state index is 11.9. The summed E-state index contributed by atoms with van der Waals surface area (Å²) in [5.74, 6) is 0.779. The van der Waals surface area contributed by atoms with Gasteiger partial charge in [0.15, 0.2) is 5.78 Å². The van der Waals surface area contributed by atoms with Gasteiger partial charge in [-0.05, 0) is 30.9 Å². The molecule has 0 amide bonds. The van der Waals surface area contributed by atoms with E-state index >= 15 is 0 Å². The fraction of sp³-hybridized carbons (Fsp3) is 0.500. The van der Waals surface area contributed by atoms with Gasteiger partial charge in [0, 0.05) is 18.5 Å². The lowest BCUT2D eigenvalue weighted by atomic mass is 9.87. The van der Waals surface area contributed by atoms with Crippen molar-refractivity contribution in [2.75, 3.05) is 13.1 Å². The first-order chi connectivity index (χ1) is 7.83. The van der Waals surface area contributed by atoms with Crippen LogP contribution in [0.1, 0.15) is 48.0 Å². The highest BCUT2D eigenvalue weighted by Crippen LogP contribution is 2.26. The molecule has 1 fully saturated rings. The van der Waals surface area contributed by atoms with Gasteiger partial charge in [0.25, 0.3) is 0 Å². The molecule has 0 bridgehead atoms. The maximum Gasteiger partial charge on any atom is 0.162 e. The Hall–Kier alpha value is -0.860. The van der Waals surface area contributed by atoms with E-state index in [-0.39, 0.29) is 18.2 Å². The lowest BCUT2D eigenvalue weighted by Crippen LogP contribution is -2.29. The van der Waals surface area contributed by atoms with E-state index in [1.807, 2.05) is 25.1 Å². The van der Waals surface area contributed by atoms with Gasteiger partial charge in [-0.3, -0.25) is 4.79 Å². The zero-order valence-electron chi connectivity index (χ0n) is 10.2. The predicted molar refractivity (Wildman–Crippen MR) is 73.2 cm³/mol. The SMILES string of the molecule is CCC(=O)c1ccccc1C1CCCNC1.Cl. The minimum Gasteiger partial charge on any atom is -0.316 e. The molecule has 94 valence electrons. The van der Waals surface area contributed by atoms with Gasteiger partial charge in [-0.15, -0.1) is 12.4 Å². The third-order valence-corrected chi connectivity index (χ3v) is 3.32. The van der Waals surface area contributed by atoms with Crippen molar-refractivity contribution in [3.63, 3.8) is 0 Å². The quantitative estimate of drug-likeness (QED) is 0.839. The molecule has 0 aliphatic carbocycles. The molecule has 0 aromatic heterocycles. The van der Waals surface area contributed by atoms with E-state index in [0.717, 1.165) is 18.7 Å². The molecule has 0 spiro atoms. The van der Waals surface area contributed by atoms with Crippen molar-refractivity contribution in [2.24, 2.45) is 0 Å². The van der Waals surface area contributed by atoms with Crippen LogP contribution >= 0.6 is 12.4 Å². The fourth-order valence-electron chi connectivity index (χ4n) is 2.41. The highest BCUT2D eigenvalue weighted by atomic mass is 35.5. The number of carbonyl (C=O) groups is 1. The van der Waals surface area contributed by atoms with Crippen LogP contribution in [-0.4, -0.2) is 18.9 Å². The molecule has 1 N–H and O–H groups in total. The van der Waals surface area contributed by atoms with E-state index in [9.17, 15) is 4.79 Å². The van der Waals surface area contributed by atoms with Crippen LogP contribution in [0, 0.1) is 0 Å². The first-order valence-electron chi connectivity index (χ1n) is 6.15. The van der Waals surface area contributed by atoms with Crippen molar-refractivity contribution in [1.29, 1.82) is 0 Å². The Morgan fingerprint density at radius 2 is 2.18 bits per heavy atom. The number of rotatable bonds is 3. The molecule has 1 aliphatic heterocycles. The molecule has 1 aromatic rings. The maximum absolute atomic E-state index is 11.9. The molecular formula is C14H20ClNO. The Morgan fingerprint density at radius 3 is 2.82 bits per heavy atom. The Bertz CT molecular complexity index is 372. The molecule has 2 rings (SSSR count). The van der Waals surface area contributed by atoms with Gasteiger partial charge >= 0.3 is 0 Å². The standard InChI is InChI=1S/C14H19NO.ClH/c1-2-14(16)13-8-4-3-7-12(13)11-6-5-9-15-10-11;/h3-4,7-8,11,15H,2,5-6,9-10H2,1H3;1H. The second-order valence-electron chi connectivity index (χ2n) is 4.41. The lowest BCUT2D eigenvalue weighted by molar-refractivity contribution is 0.0986. The van der Waals surface area contributed by atoms with Gasteiger partial charge in [-0.2, -0.15) is 0 Å². The van der Waals surface area contributed by atoms with Crippen LogP contribution in [0.15, 0.2) is 24.3 Å². The first kappa shape index (κ1) is 14.2. The number of ketones is 1. The molecular weight excluding hydrogens is 234 g/mol. The van der Waals surface area contributed by atoms with Crippen molar-refractivity contribution < 1.29 is 4.79 Å². The Morgan fingerprint density at radius 1 is 1.41 bits per heavy atom. The van der Waals surface area contributed by atoms with Crippen LogP contribution in [0.25, 0.3) is 0 Å². The molecule has 0 saturated carbocycles. The zero-order chi connectivity index (χ0) is 11.4. The third kappa shape index (κ3) is 3.30. The summed E-state index contributed by atoms with van der Waals surface area (Å²) in [5, 5.41) is 3.41. The number of hydrogen-bond acceptors (Lipinski definition) is 2. The van der Waals surface area contributed by atoms with Crippen LogP contribution in [0.4, 0.5) is 0 Å². The van der Waals surface area contributed by atoms with Crippen LogP contribution in [0.2, 0.25) is 0 Å². The van der Waals surface area contributed by atoms with Crippen molar-refractivity contribution in [2.45, 2.75) is 32.1 Å². The molecule has 3 heteroatoms. The fourth-order valence-corrected chi connectivity index (χ4v) is 2.41. The second kappa shape index (κ2) is 6.77. The molecule has 1 aromatic carbocycles. The average molecular weight is 254 g/mol. The van der Waals surface area contributed by atoms with E-state index in [1.54, 1.807) is 0 Å². The normalized spacial score (nSPS) is 19.5. The summed E-state index contributed by atoms with van der Waals surface area (Å²) in [6.07, 6.45) is 3.00. The summed E-state index contributed by atoms with van der Waals surface area (Å²) in [7, 11) is 0. The number of hydrogen-bond donors (Lipinski definition) is 1. The van der Waals surface area contributed by atoms with Crippen molar-refractivity contribution >= 4 is 18.2 Å². The minimum atomic E-state index is 0. The average Bonchev–Trinajstić information content (AvgIpc) is 2.39. The second-order valence-corrected chi connectivity index (χ2v) is 4.41. The van der Waals surface area contributed by atoms with Gasteiger partial charge in [-0.25, -0.2) is 0 Å². The smallest absolute Gasteiger partial charge is 0.162 e. The van der Waals surface area contributed by atoms with Crippen LogP contribution in [0.5, 0.6) is 0 Å². The highest BCUT2D eigenvalue weighted by Gasteiger charge is 2.19. The van der Waals surface area contributed by atoms with E-state index in [4.69, 9.17) is 0 Å². The van der Waals surface area contributed by atoms with E-state index in [0.29, 0.717) is 12.3 Å². The molecule has 1 saturated heterocycles. The number of halogens is 1. The van der Waals surface area contributed by atoms with Gasteiger partial charge in [0.2, 0.25) is 0 Å². The van der Waals surface area contributed by atoms with E-state index < -0.39 is 0 Å². The molecule has 0 radical (unpaired) electrons. The van der Waals surface area contributed by atoms with Crippen LogP contribution < -0.4 is 5.32 Å². The van der Waals surface area contributed by atoms with Gasteiger partial charge in [0.1, 0.15) is 0 Å². The molecule has 1 heterocycles. The minimum absolute atomic E-state index is 0. The summed E-state index contributed by atoms with van der Waals surface area (Å²) in [5.41, 5.74) is 2.17. The Kier molecular flexibility index (Phi) is 5.66. The number of piperidine rings is 1. The number of benzene rings is 1. The van der Waals surface area contributed by atoms with Gasteiger partial charge in [-0.1, -0.05) is 31.2 Å². The predicted octanol–water partition coefficient (Wildman–Crippen LogP) is 3.17. The first-order valence-corrected chi connectivity index (χ1v) is 6.15. The molecule has 17 heavy (non-hydrogen) atoms. The van der Waals surface area contributed by atoms with Gasteiger partial charge < -0.3 is 5.32 Å². The number of carbonyl (C=O) groups excluding carboxylic acids is 1. The number of nitrogens with one attached hydrogen (secondary N) is 1. The molecule has 1 aliphatic rings. The number of Topliss-reactive ketones (excluding diaryl/α,β-unsaturated/α-hetero) is 1. The summed E-state index contributed by atoms with van der Waals surface area (Å²) in [6.45, 7) is 4.05. The molecule has 1 unspecified atom stereocenters.